The molecule has 0 spiro atoms. The Balaban J connectivity index is 1.97. The first kappa shape index (κ1) is 13.8. The molecule has 106 valence electrons. The minimum atomic E-state index is -0.0503. The topological polar surface area (TPSA) is 61.6 Å². The summed E-state index contributed by atoms with van der Waals surface area (Å²) in [6.45, 7) is 0. The summed E-state index contributed by atoms with van der Waals surface area (Å²) in [4.78, 5) is 8.33. The Morgan fingerprint density at radius 2 is 1.59 bits per heavy atom. The van der Waals surface area contributed by atoms with Crippen molar-refractivity contribution in [1.29, 1.82) is 5.26 Å². The highest BCUT2D eigenvalue weighted by Gasteiger charge is 2.14. The van der Waals surface area contributed by atoms with Crippen molar-refractivity contribution in [2.24, 2.45) is 0 Å². The lowest BCUT2D eigenvalue weighted by Gasteiger charge is -2.20. The molecular formula is C18H14N4. The van der Waals surface area contributed by atoms with Gasteiger partial charge in [0.15, 0.2) is 0 Å². The van der Waals surface area contributed by atoms with Gasteiger partial charge in [0.05, 0.1) is 23.4 Å². The van der Waals surface area contributed by atoms with E-state index in [1.54, 1.807) is 18.6 Å². The second kappa shape index (κ2) is 6.51. The zero-order valence-electron chi connectivity index (χ0n) is 11.8. The minimum absolute atomic E-state index is 0.0503. The fourth-order valence-corrected chi connectivity index (χ4v) is 2.27. The summed E-state index contributed by atoms with van der Waals surface area (Å²) in [6.07, 6.45) is 7.12. The van der Waals surface area contributed by atoms with Gasteiger partial charge in [0.25, 0.3) is 0 Å². The van der Waals surface area contributed by atoms with Crippen LogP contribution in [0.25, 0.3) is 0 Å². The summed E-state index contributed by atoms with van der Waals surface area (Å²) in [6, 6.07) is 17.5. The summed E-state index contributed by atoms with van der Waals surface area (Å²) in [7, 11) is 0. The molecule has 0 bridgehead atoms. The first-order valence-electron chi connectivity index (χ1n) is 6.93. The fraction of sp³-hybridized carbons (Fsp3) is 0.0556. The smallest absolute Gasteiger partial charge is 0.0991 e. The lowest BCUT2D eigenvalue weighted by atomic mass is 9.99. The zero-order valence-corrected chi connectivity index (χ0v) is 11.8. The normalized spacial score (nSPS) is 11.4. The average molecular weight is 286 g/mol. The second-order valence-electron chi connectivity index (χ2n) is 4.84. The first-order chi connectivity index (χ1) is 10.9. The molecule has 0 radical (unpaired) electrons. The highest BCUT2D eigenvalue weighted by Crippen LogP contribution is 2.26. The summed E-state index contributed by atoms with van der Waals surface area (Å²) in [5.74, 6) is 0. The molecule has 0 aliphatic carbocycles. The van der Waals surface area contributed by atoms with E-state index in [0.717, 1.165) is 16.8 Å². The number of nitrogens with zero attached hydrogens (tertiary/aromatic N) is 3. The molecule has 2 heterocycles. The van der Waals surface area contributed by atoms with Crippen molar-refractivity contribution in [1.82, 2.24) is 9.97 Å². The number of anilines is 1. The van der Waals surface area contributed by atoms with Crippen molar-refractivity contribution >= 4 is 5.69 Å². The van der Waals surface area contributed by atoms with E-state index in [4.69, 9.17) is 5.26 Å². The number of rotatable bonds is 4. The Kier molecular flexibility index (Phi) is 4.08. The number of hydrogen-bond acceptors (Lipinski definition) is 4. The minimum Gasteiger partial charge on any atom is -0.373 e. The Morgan fingerprint density at radius 1 is 0.864 bits per heavy atom. The lowest BCUT2D eigenvalue weighted by Crippen LogP contribution is -2.12. The number of benzene rings is 1. The highest BCUT2D eigenvalue weighted by atomic mass is 14.9. The van der Waals surface area contributed by atoms with E-state index in [1.807, 2.05) is 54.7 Å². The maximum absolute atomic E-state index is 8.94. The molecule has 3 rings (SSSR count). The van der Waals surface area contributed by atoms with Gasteiger partial charge >= 0.3 is 0 Å². The molecule has 3 aromatic rings. The van der Waals surface area contributed by atoms with Gasteiger partial charge in [-0.15, -0.1) is 0 Å². The third kappa shape index (κ3) is 3.10. The van der Waals surface area contributed by atoms with E-state index >= 15 is 0 Å². The van der Waals surface area contributed by atoms with Gasteiger partial charge < -0.3 is 5.32 Å². The highest BCUT2D eigenvalue weighted by molar-refractivity contribution is 5.48. The van der Waals surface area contributed by atoms with E-state index in [2.05, 4.69) is 21.4 Å². The van der Waals surface area contributed by atoms with Crippen LogP contribution in [0.5, 0.6) is 0 Å². The zero-order chi connectivity index (χ0) is 15.2. The summed E-state index contributed by atoms with van der Waals surface area (Å²) >= 11 is 0. The molecule has 1 N–H and O–H groups in total. The molecule has 4 nitrogen and oxygen atoms in total. The van der Waals surface area contributed by atoms with Crippen LogP contribution in [0, 0.1) is 11.3 Å². The van der Waals surface area contributed by atoms with Crippen LogP contribution in [-0.2, 0) is 0 Å². The van der Waals surface area contributed by atoms with E-state index in [-0.39, 0.29) is 6.04 Å². The molecule has 4 heteroatoms. The van der Waals surface area contributed by atoms with Crippen molar-refractivity contribution in [2.45, 2.75) is 6.04 Å². The van der Waals surface area contributed by atoms with Crippen LogP contribution in [0.4, 0.5) is 5.69 Å². The van der Waals surface area contributed by atoms with Crippen LogP contribution in [0.3, 0.4) is 0 Å². The average Bonchev–Trinajstić information content (AvgIpc) is 2.61. The van der Waals surface area contributed by atoms with Gasteiger partial charge in [-0.05, 0) is 41.5 Å². The van der Waals surface area contributed by atoms with Crippen molar-refractivity contribution in [3.63, 3.8) is 0 Å². The van der Waals surface area contributed by atoms with E-state index in [1.165, 1.54) is 0 Å². The van der Waals surface area contributed by atoms with Crippen LogP contribution in [0.15, 0.2) is 73.3 Å². The van der Waals surface area contributed by atoms with Crippen molar-refractivity contribution < 1.29 is 0 Å². The third-order valence-corrected chi connectivity index (χ3v) is 3.36. The van der Waals surface area contributed by atoms with Crippen LogP contribution >= 0.6 is 0 Å². The number of nitriles is 1. The SMILES string of the molecule is N#Cc1ccc(C(Nc2cccnc2)c2cccnc2)cc1. The van der Waals surface area contributed by atoms with Gasteiger partial charge in [-0.25, -0.2) is 0 Å². The van der Waals surface area contributed by atoms with Crippen LogP contribution in [-0.4, -0.2) is 9.97 Å². The van der Waals surface area contributed by atoms with Gasteiger partial charge in [0.2, 0.25) is 0 Å². The Labute approximate surface area is 129 Å². The van der Waals surface area contributed by atoms with Gasteiger partial charge in [0.1, 0.15) is 0 Å². The van der Waals surface area contributed by atoms with Gasteiger partial charge in [-0.3, -0.25) is 9.97 Å². The standard InChI is InChI=1S/C18H14N4/c19-11-14-5-7-15(8-6-14)18(16-3-1-9-20-12-16)22-17-4-2-10-21-13-17/h1-10,12-13,18,22H. The molecule has 1 unspecified atom stereocenters. The van der Waals surface area contributed by atoms with Crippen LogP contribution in [0.1, 0.15) is 22.7 Å². The molecule has 1 atom stereocenters. The molecular weight excluding hydrogens is 272 g/mol. The summed E-state index contributed by atoms with van der Waals surface area (Å²) < 4.78 is 0. The lowest BCUT2D eigenvalue weighted by molar-refractivity contribution is 0.925. The third-order valence-electron chi connectivity index (χ3n) is 3.36. The quantitative estimate of drug-likeness (QED) is 0.796. The molecule has 2 aromatic heterocycles. The predicted octanol–water partition coefficient (Wildman–Crippen LogP) is 3.55. The molecule has 0 fully saturated rings. The molecule has 0 saturated carbocycles. The number of nitrogens with one attached hydrogen (secondary N) is 1. The molecule has 1 aromatic carbocycles. The molecule has 22 heavy (non-hydrogen) atoms. The van der Waals surface area contributed by atoms with Gasteiger partial charge in [0, 0.05) is 24.8 Å². The van der Waals surface area contributed by atoms with Crippen LogP contribution < -0.4 is 5.32 Å². The predicted molar refractivity (Wildman–Crippen MR) is 85.1 cm³/mol. The number of pyridine rings is 2. The number of hydrogen-bond donors (Lipinski definition) is 1. The summed E-state index contributed by atoms with van der Waals surface area (Å²) in [5.41, 5.74) is 3.70. The summed E-state index contributed by atoms with van der Waals surface area (Å²) in [5, 5.41) is 12.4. The van der Waals surface area contributed by atoms with Crippen LogP contribution in [0.2, 0.25) is 0 Å². The van der Waals surface area contributed by atoms with Crippen molar-refractivity contribution in [3.8, 4) is 6.07 Å². The molecule has 0 aliphatic heterocycles. The van der Waals surface area contributed by atoms with E-state index < -0.39 is 0 Å². The second-order valence-corrected chi connectivity index (χ2v) is 4.84. The Bertz CT molecular complexity index is 762. The fourth-order valence-electron chi connectivity index (χ4n) is 2.27. The number of aromatic nitrogens is 2. The molecule has 0 saturated heterocycles. The van der Waals surface area contributed by atoms with E-state index in [9.17, 15) is 0 Å². The van der Waals surface area contributed by atoms with Crippen molar-refractivity contribution in [2.75, 3.05) is 5.32 Å². The first-order valence-corrected chi connectivity index (χ1v) is 6.93. The Hall–Kier alpha value is -3.19. The van der Waals surface area contributed by atoms with Gasteiger partial charge in [-0.2, -0.15) is 5.26 Å². The maximum atomic E-state index is 8.94. The Morgan fingerprint density at radius 3 is 2.18 bits per heavy atom. The maximum Gasteiger partial charge on any atom is 0.0991 e. The van der Waals surface area contributed by atoms with Crippen molar-refractivity contribution in [3.05, 3.63) is 90.0 Å². The largest absolute Gasteiger partial charge is 0.373 e. The van der Waals surface area contributed by atoms with E-state index in [0.29, 0.717) is 5.56 Å². The van der Waals surface area contributed by atoms with Gasteiger partial charge in [-0.1, -0.05) is 18.2 Å². The molecule has 0 amide bonds. The molecule has 0 aliphatic rings. The monoisotopic (exact) mass is 286 g/mol.